The maximum absolute atomic E-state index is 5.52. The molecule has 0 radical (unpaired) electrons. The number of imidazole rings is 1. The molecule has 3 heterocycles. The lowest BCUT2D eigenvalue weighted by atomic mass is 10.1. The van der Waals surface area contributed by atoms with Crippen molar-refractivity contribution in [1.29, 1.82) is 0 Å². The van der Waals surface area contributed by atoms with Crippen LogP contribution < -0.4 is 5.32 Å². The van der Waals surface area contributed by atoms with Crippen molar-refractivity contribution in [2.75, 3.05) is 5.32 Å². The highest BCUT2D eigenvalue weighted by molar-refractivity contribution is 5.74. The molecule has 4 heteroatoms. The number of nitrogens with one attached hydrogen (secondary N) is 1. The van der Waals surface area contributed by atoms with Gasteiger partial charge >= 0.3 is 0 Å². The molecule has 0 fully saturated rings. The molecule has 0 aliphatic heterocycles. The molecular weight excluding hydrogens is 250 g/mol. The zero-order valence-electron chi connectivity index (χ0n) is 12.3. The van der Waals surface area contributed by atoms with Gasteiger partial charge in [0, 0.05) is 11.7 Å². The molecule has 3 aromatic rings. The lowest BCUT2D eigenvalue weighted by Crippen LogP contribution is -2.27. The molecule has 0 unspecified atom stereocenters. The summed E-state index contributed by atoms with van der Waals surface area (Å²) >= 11 is 0. The number of rotatable bonds is 2. The summed E-state index contributed by atoms with van der Waals surface area (Å²) in [5.74, 6) is 1.74. The fourth-order valence-electron chi connectivity index (χ4n) is 2.21. The maximum atomic E-state index is 5.52. The number of anilines is 1. The minimum absolute atomic E-state index is 0.0545. The number of nitrogens with zero attached hydrogens (tertiary/aromatic N) is 2. The van der Waals surface area contributed by atoms with Crippen molar-refractivity contribution in [1.82, 2.24) is 9.38 Å². The highest BCUT2D eigenvalue weighted by atomic mass is 16.3. The lowest BCUT2D eigenvalue weighted by molar-refractivity contribution is 0.579. The van der Waals surface area contributed by atoms with Gasteiger partial charge in [0.05, 0.1) is 6.26 Å². The van der Waals surface area contributed by atoms with Crippen molar-refractivity contribution in [3.63, 3.8) is 0 Å². The van der Waals surface area contributed by atoms with Gasteiger partial charge in [-0.1, -0.05) is 6.07 Å². The van der Waals surface area contributed by atoms with E-state index in [0.717, 1.165) is 22.9 Å². The van der Waals surface area contributed by atoms with E-state index in [1.54, 1.807) is 6.26 Å². The van der Waals surface area contributed by atoms with E-state index in [4.69, 9.17) is 4.42 Å². The van der Waals surface area contributed by atoms with Crippen molar-refractivity contribution in [2.45, 2.75) is 33.2 Å². The molecule has 20 heavy (non-hydrogen) atoms. The fraction of sp³-hybridized carbons (Fsp3) is 0.312. The topological polar surface area (TPSA) is 42.5 Å². The zero-order valence-corrected chi connectivity index (χ0v) is 12.3. The maximum Gasteiger partial charge on any atom is 0.156 e. The third-order valence-electron chi connectivity index (χ3n) is 3.01. The summed E-state index contributed by atoms with van der Waals surface area (Å²) in [6, 6.07) is 7.90. The van der Waals surface area contributed by atoms with Gasteiger partial charge in [-0.3, -0.25) is 4.40 Å². The number of furan rings is 1. The minimum atomic E-state index is -0.0545. The Morgan fingerprint density at radius 2 is 2.00 bits per heavy atom. The first-order valence-corrected chi connectivity index (χ1v) is 6.75. The highest BCUT2D eigenvalue weighted by Crippen LogP contribution is 2.31. The summed E-state index contributed by atoms with van der Waals surface area (Å²) < 4.78 is 7.60. The SMILES string of the molecule is Cc1ccc2nc(-c3ccco3)c(NC(C)(C)C)n2c1. The van der Waals surface area contributed by atoms with E-state index in [2.05, 4.69) is 54.7 Å². The van der Waals surface area contributed by atoms with Crippen LogP contribution in [0, 0.1) is 6.92 Å². The largest absolute Gasteiger partial charge is 0.463 e. The first kappa shape index (κ1) is 12.8. The van der Waals surface area contributed by atoms with E-state index in [1.165, 1.54) is 5.56 Å². The first-order chi connectivity index (χ1) is 9.44. The quantitative estimate of drug-likeness (QED) is 0.761. The third kappa shape index (κ3) is 2.29. The molecule has 0 amide bonds. The molecule has 1 N–H and O–H groups in total. The third-order valence-corrected chi connectivity index (χ3v) is 3.01. The Morgan fingerprint density at radius 3 is 2.65 bits per heavy atom. The molecule has 0 saturated carbocycles. The number of aryl methyl sites for hydroxylation is 1. The molecule has 0 atom stereocenters. The summed E-state index contributed by atoms with van der Waals surface area (Å²) in [6.45, 7) is 8.48. The summed E-state index contributed by atoms with van der Waals surface area (Å²) in [5, 5.41) is 3.53. The Kier molecular flexibility index (Phi) is 2.82. The van der Waals surface area contributed by atoms with Gasteiger partial charge in [-0.05, 0) is 51.5 Å². The molecule has 0 aliphatic carbocycles. The number of hydrogen-bond donors (Lipinski definition) is 1. The van der Waals surface area contributed by atoms with Crippen molar-refractivity contribution in [2.24, 2.45) is 0 Å². The second-order valence-electron chi connectivity index (χ2n) is 6.10. The van der Waals surface area contributed by atoms with Gasteiger partial charge in [0.25, 0.3) is 0 Å². The standard InChI is InChI=1S/C16H19N3O/c1-11-7-8-13-17-14(12-6-5-9-20-12)15(19(13)10-11)18-16(2,3)4/h5-10,18H,1-4H3. The monoisotopic (exact) mass is 269 g/mol. The Labute approximate surface area is 118 Å². The molecule has 104 valence electrons. The van der Waals surface area contributed by atoms with Crippen LogP contribution in [-0.2, 0) is 0 Å². The predicted octanol–water partition coefficient (Wildman–Crippen LogP) is 4.11. The molecule has 0 bridgehead atoms. The molecule has 3 aromatic heterocycles. The number of fused-ring (bicyclic) bond motifs is 1. The summed E-state index contributed by atoms with van der Waals surface area (Å²) in [7, 11) is 0. The van der Waals surface area contributed by atoms with Crippen molar-refractivity contribution < 1.29 is 4.42 Å². The van der Waals surface area contributed by atoms with Gasteiger partial charge in [-0.25, -0.2) is 4.98 Å². The zero-order chi connectivity index (χ0) is 14.3. The smallest absolute Gasteiger partial charge is 0.156 e. The first-order valence-electron chi connectivity index (χ1n) is 6.75. The average molecular weight is 269 g/mol. The summed E-state index contributed by atoms with van der Waals surface area (Å²) in [4.78, 5) is 4.69. The Hall–Kier alpha value is -2.23. The average Bonchev–Trinajstić information content (AvgIpc) is 2.96. The van der Waals surface area contributed by atoms with Gasteiger partial charge in [0.15, 0.2) is 5.76 Å². The van der Waals surface area contributed by atoms with Gasteiger partial charge in [-0.15, -0.1) is 0 Å². The van der Waals surface area contributed by atoms with Crippen LogP contribution in [0.25, 0.3) is 17.1 Å². The molecule has 0 aliphatic rings. The fourth-order valence-corrected chi connectivity index (χ4v) is 2.21. The highest BCUT2D eigenvalue weighted by Gasteiger charge is 2.20. The van der Waals surface area contributed by atoms with Gasteiger partial charge in [0.1, 0.15) is 17.2 Å². The van der Waals surface area contributed by atoms with E-state index in [9.17, 15) is 0 Å². The van der Waals surface area contributed by atoms with Crippen LogP contribution in [0.1, 0.15) is 26.3 Å². The second kappa shape index (κ2) is 4.40. The van der Waals surface area contributed by atoms with Gasteiger partial charge in [0.2, 0.25) is 0 Å². The summed E-state index contributed by atoms with van der Waals surface area (Å²) in [6.07, 6.45) is 3.76. The molecule has 0 aromatic carbocycles. The van der Waals surface area contributed by atoms with Crippen LogP contribution in [0.4, 0.5) is 5.82 Å². The normalized spacial score (nSPS) is 12.0. The second-order valence-corrected chi connectivity index (χ2v) is 6.10. The molecule has 0 saturated heterocycles. The number of aromatic nitrogens is 2. The molecular formula is C16H19N3O. The van der Waals surface area contributed by atoms with Crippen molar-refractivity contribution in [3.05, 3.63) is 42.3 Å². The van der Waals surface area contributed by atoms with Crippen molar-refractivity contribution in [3.8, 4) is 11.5 Å². The van der Waals surface area contributed by atoms with Gasteiger partial charge in [-0.2, -0.15) is 0 Å². The van der Waals surface area contributed by atoms with E-state index in [1.807, 2.05) is 18.2 Å². The van der Waals surface area contributed by atoms with E-state index >= 15 is 0 Å². The predicted molar refractivity (Wildman–Crippen MR) is 81.0 cm³/mol. The summed E-state index contributed by atoms with van der Waals surface area (Å²) in [5.41, 5.74) is 2.89. The Bertz CT molecular complexity index is 733. The molecule has 3 rings (SSSR count). The van der Waals surface area contributed by atoms with E-state index in [0.29, 0.717) is 0 Å². The van der Waals surface area contributed by atoms with Crippen LogP contribution in [0.15, 0.2) is 41.1 Å². The van der Waals surface area contributed by atoms with E-state index in [-0.39, 0.29) is 5.54 Å². The van der Waals surface area contributed by atoms with Crippen LogP contribution >= 0.6 is 0 Å². The molecule has 4 nitrogen and oxygen atoms in total. The Balaban J connectivity index is 2.25. The molecule has 0 spiro atoms. The number of hydrogen-bond acceptors (Lipinski definition) is 3. The van der Waals surface area contributed by atoms with Crippen LogP contribution in [0.2, 0.25) is 0 Å². The van der Waals surface area contributed by atoms with Crippen LogP contribution in [0.5, 0.6) is 0 Å². The lowest BCUT2D eigenvalue weighted by Gasteiger charge is -2.22. The number of pyridine rings is 1. The van der Waals surface area contributed by atoms with E-state index < -0.39 is 0 Å². The Morgan fingerprint density at radius 1 is 1.20 bits per heavy atom. The van der Waals surface area contributed by atoms with Crippen molar-refractivity contribution >= 4 is 11.5 Å². The van der Waals surface area contributed by atoms with Gasteiger partial charge < -0.3 is 9.73 Å². The minimum Gasteiger partial charge on any atom is -0.463 e. The van der Waals surface area contributed by atoms with Crippen LogP contribution in [0.3, 0.4) is 0 Å². The van der Waals surface area contributed by atoms with Crippen LogP contribution in [-0.4, -0.2) is 14.9 Å².